The number of allylic oxidation sites excluding steroid dienone is 1. The first-order valence-electron chi connectivity index (χ1n) is 5.37. The second-order valence-electron chi connectivity index (χ2n) is 3.94. The third-order valence-electron chi connectivity index (χ3n) is 2.95. The van der Waals surface area contributed by atoms with Crippen molar-refractivity contribution in [3.63, 3.8) is 0 Å². The number of alkyl halides is 1. The lowest BCUT2D eigenvalue weighted by Crippen LogP contribution is -1.86. The van der Waals surface area contributed by atoms with E-state index in [-0.39, 0.29) is 0 Å². The molecule has 78 valence electrons. The Balaban J connectivity index is 2.15. The predicted octanol–water partition coefficient (Wildman–Crippen LogP) is 4.57. The summed E-state index contributed by atoms with van der Waals surface area (Å²) in [5.41, 5.74) is 5.33. The van der Waals surface area contributed by atoms with Gasteiger partial charge in [-0.05, 0) is 22.3 Å². The molecule has 0 spiro atoms. The fourth-order valence-corrected chi connectivity index (χ4v) is 2.84. The van der Waals surface area contributed by atoms with Gasteiger partial charge in [-0.15, -0.1) is 0 Å². The van der Waals surface area contributed by atoms with E-state index in [0.717, 1.165) is 0 Å². The molecule has 1 aliphatic carbocycles. The van der Waals surface area contributed by atoms with Gasteiger partial charge in [-0.1, -0.05) is 76.6 Å². The smallest absolute Gasteiger partial charge is 0.0590 e. The second kappa shape index (κ2) is 3.91. The first-order valence-corrected chi connectivity index (χ1v) is 6.28. The van der Waals surface area contributed by atoms with Gasteiger partial charge in [-0.2, -0.15) is 0 Å². The van der Waals surface area contributed by atoms with Crippen LogP contribution >= 0.6 is 15.9 Å². The number of benzene rings is 2. The number of hydrogen-bond donors (Lipinski definition) is 0. The molecule has 16 heavy (non-hydrogen) atoms. The fraction of sp³-hybridized carbons (Fsp3) is 0.0667. The van der Waals surface area contributed by atoms with Crippen molar-refractivity contribution in [2.24, 2.45) is 0 Å². The molecule has 2 aromatic carbocycles. The number of rotatable bonds is 1. The molecule has 0 bridgehead atoms. The molecule has 3 rings (SSSR count). The van der Waals surface area contributed by atoms with E-state index in [9.17, 15) is 0 Å². The molecule has 1 aliphatic rings. The van der Waals surface area contributed by atoms with Crippen LogP contribution in [-0.2, 0) is 0 Å². The zero-order chi connectivity index (χ0) is 11.0. The molecule has 0 aromatic heterocycles. The highest BCUT2D eigenvalue weighted by Gasteiger charge is 2.21. The van der Waals surface area contributed by atoms with Crippen LogP contribution < -0.4 is 0 Å². The van der Waals surface area contributed by atoms with Crippen molar-refractivity contribution >= 4 is 21.5 Å². The van der Waals surface area contributed by atoms with Gasteiger partial charge in [-0.25, -0.2) is 0 Å². The van der Waals surface area contributed by atoms with Crippen molar-refractivity contribution in [3.05, 3.63) is 77.4 Å². The summed E-state index contributed by atoms with van der Waals surface area (Å²) in [6.07, 6.45) is 2.28. The molecule has 2 aromatic rings. The van der Waals surface area contributed by atoms with Gasteiger partial charge >= 0.3 is 0 Å². The van der Waals surface area contributed by atoms with E-state index in [1.807, 2.05) is 0 Å². The van der Waals surface area contributed by atoms with Crippen LogP contribution in [0.2, 0.25) is 0 Å². The summed E-state index contributed by atoms with van der Waals surface area (Å²) in [5, 5.41) is 0. The minimum absolute atomic E-state index is 0.346. The predicted molar refractivity (Wildman–Crippen MR) is 71.6 cm³/mol. The van der Waals surface area contributed by atoms with E-state index >= 15 is 0 Å². The van der Waals surface area contributed by atoms with Crippen LogP contribution in [0.15, 0.2) is 60.7 Å². The molecule has 1 atom stereocenters. The van der Waals surface area contributed by atoms with E-state index < -0.39 is 0 Å². The summed E-state index contributed by atoms with van der Waals surface area (Å²) in [6.45, 7) is 0. The lowest BCUT2D eigenvalue weighted by molar-refractivity contribution is 1.29. The maximum absolute atomic E-state index is 3.70. The van der Waals surface area contributed by atoms with Gasteiger partial charge in [0.15, 0.2) is 0 Å². The maximum Gasteiger partial charge on any atom is 0.0590 e. The average molecular weight is 271 g/mol. The largest absolute Gasteiger partial charge is 0.0792 e. The van der Waals surface area contributed by atoms with Gasteiger partial charge in [-0.3, -0.25) is 0 Å². The summed E-state index contributed by atoms with van der Waals surface area (Å²) in [6, 6.07) is 19.1. The Kier molecular flexibility index (Phi) is 2.41. The van der Waals surface area contributed by atoms with E-state index in [2.05, 4.69) is 76.6 Å². The van der Waals surface area contributed by atoms with Gasteiger partial charge in [0.1, 0.15) is 0 Å². The fourth-order valence-electron chi connectivity index (χ4n) is 2.18. The minimum Gasteiger partial charge on any atom is -0.0792 e. The molecule has 0 aliphatic heterocycles. The third kappa shape index (κ3) is 1.52. The molecule has 0 amide bonds. The quantitative estimate of drug-likeness (QED) is 0.666. The first kappa shape index (κ1) is 9.86. The van der Waals surface area contributed by atoms with Crippen molar-refractivity contribution in [1.82, 2.24) is 0 Å². The van der Waals surface area contributed by atoms with E-state index in [1.165, 1.54) is 22.3 Å². The van der Waals surface area contributed by atoms with Gasteiger partial charge in [0.25, 0.3) is 0 Å². The van der Waals surface area contributed by atoms with Crippen LogP contribution in [0.3, 0.4) is 0 Å². The molecule has 0 nitrogen and oxygen atoms in total. The standard InChI is InChI=1S/C15H11Br/c16-15-10-14(11-6-2-1-3-7-11)12-8-4-5-9-13(12)15/h1-10,15H. The normalized spacial score (nSPS) is 18.1. The van der Waals surface area contributed by atoms with E-state index in [0.29, 0.717) is 4.83 Å². The number of hydrogen-bond acceptors (Lipinski definition) is 0. The van der Waals surface area contributed by atoms with Gasteiger partial charge in [0, 0.05) is 0 Å². The first-order chi connectivity index (χ1) is 7.86. The van der Waals surface area contributed by atoms with Gasteiger partial charge < -0.3 is 0 Å². The highest BCUT2D eigenvalue weighted by Crippen LogP contribution is 2.42. The average Bonchev–Trinajstić information content (AvgIpc) is 2.69. The second-order valence-corrected chi connectivity index (χ2v) is 4.92. The Labute approximate surface area is 104 Å². The van der Waals surface area contributed by atoms with E-state index in [1.54, 1.807) is 0 Å². The monoisotopic (exact) mass is 270 g/mol. The van der Waals surface area contributed by atoms with E-state index in [4.69, 9.17) is 0 Å². The maximum atomic E-state index is 3.70. The van der Waals surface area contributed by atoms with Crippen LogP contribution in [0.5, 0.6) is 0 Å². The van der Waals surface area contributed by atoms with Crippen LogP contribution in [-0.4, -0.2) is 0 Å². The highest BCUT2D eigenvalue weighted by molar-refractivity contribution is 9.09. The molecule has 0 N–H and O–H groups in total. The van der Waals surface area contributed by atoms with Crippen LogP contribution in [0.25, 0.3) is 5.57 Å². The Morgan fingerprint density at radius 3 is 2.31 bits per heavy atom. The summed E-state index contributed by atoms with van der Waals surface area (Å²) >= 11 is 3.70. The third-order valence-corrected chi connectivity index (χ3v) is 3.70. The Morgan fingerprint density at radius 2 is 1.50 bits per heavy atom. The summed E-state index contributed by atoms with van der Waals surface area (Å²) in [4.78, 5) is 0.346. The zero-order valence-corrected chi connectivity index (χ0v) is 10.3. The Morgan fingerprint density at radius 1 is 0.812 bits per heavy atom. The molecule has 0 saturated heterocycles. The Hall–Kier alpha value is -1.34. The van der Waals surface area contributed by atoms with Gasteiger partial charge in [0.2, 0.25) is 0 Å². The molecule has 1 heteroatoms. The molecule has 0 saturated carbocycles. The summed E-state index contributed by atoms with van der Waals surface area (Å²) in [5.74, 6) is 0. The molecule has 0 heterocycles. The Bertz CT molecular complexity index is 540. The van der Waals surface area contributed by atoms with Crippen molar-refractivity contribution in [2.75, 3.05) is 0 Å². The molecule has 0 radical (unpaired) electrons. The highest BCUT2D eigenvalue weighted by atomic mass is 79.9. The van der Waals surface area contributed by atoms with Crippen molar-refractivity contribution < 1.29 is 0 Å². The molecule has 1 unspecified atom stereocenters. The van der Waals surface area contributed by atoms with Crippen LogP contribution in [0.4, 0.5) is 0 Å². The molecule has 0 fully saturated rings. The summed E-state index contributed by atoms with van der Waals surface area (Å²) < 4.78 is 0. The molecular formula is C15H11Br. The number of fused-ring (bicyclic) bond motifs is 1. The lowest BCUT2D eigenvalue weighted by Gasteiger charge is -2.05. The zero-order valence-electron chi connectivity index (χ0n) is 8.73. The minimum atomic E-state index is 0.346. The molecular weight excluding hydrogens is 260 g/mol. The van der Waals surface area contributed by atoms with Crippen molar-refractivity contribution in [3.8, 4) is 0 Å². The number of halogens is 1. The lowest BCUT2D eigenvalue weighted by atomic mass is 9.99. The SMILES string of the molecule is BrC1C=C(c2ccccc2)c2ccccc21. The summed E-state index contributed by atoms with van der Waals surface area (Å²) in [7, 11) is 0. The van der Waals surface area contributed by atoms with Crippen molar-refractivity contribution in [1.29, 1.82) is 0 Å². The topological polar surface area (TPSA) is 0 Å². The van der Waals surface area contributed by atoms with Crippen LogP contribution in [0.1, 0.15) is 21.5 Å². The van der Waals surface area contributed by atoms with Gasteiger partial charge in [0.05, 0.1) is 4.83 Å². The van der Waals surface area contributed by atoms with Crippen molar-refractivity contribution in [2.45, 2.75) is 4.83 Å². The van der Waals surface area contributed by atoms with Crippen LogP contribution in [0, 0.1) is 0 Å².